The van der Waals surface area contributed by atoms with E-state index in [0.717, 1.165) is 11.1 Å². The van der Waals surface area contributed by atoms with E-state index in [-0.39, 0.29) is 0 Å². The van der Waals surface area contributed by atoms with Crippen LogP contribution in [0.5, 0.6) is 0 Å². The lowest BCUT2D eigenvalue weighted by molar-refractivity contribution is 1.39. The zero-order valence-corrected chi connectivity index (χ0v) is 5.65. The van der Waals surface area contributed by atoms with Crippen LogP contribution in [0.2, 0.25) is 0 Å². The molecule has 0 fully saturated rings. The van der Waals surface area contributed by atoms with Crippen molar-refractivity contribution >= 4 is 11.6 Å². The van der Waals surface area contributed by atoms with Crippen molar-refractivity contribution in [2.75, 3.05) is 11.5 Å². The number of rotatable bonds is 0. The highest BCUT2D eigenvalue weighted by molar-refractivity contribution is 5.56. The largest absolute Gasteiger partial charge is 0.385 e. The SMILES string of the molecule is Cc1c(N)[nH]c(N)c1C. The molecule has 3 heteroatoms. The van der Waals surface area contributed by atoms with Gasteiger partial charge in [0.1, 0.15) is 11.6 Å². The summed E-state index contributed by atoms with van der Waals surface area (Å²) in [5, 5.41) is 0. The highest BCUT2D eigenvalue weighted by atomic mass is 14.9. The van der Waals surface area contributed by atoms with Gasteiger partial charge in [-0.2, -0.15) is 0 Å². The minimum atomic E-state index is 0.671. The molecular weight excluding hydrogens is 114 g/mol. The van der Waals surface area contributed by atoms with Crippen LogP contribution in [-0.4, -0.2) is 4.98 Å². The van der Waals surface area contributed by atoms with Crippen molar-refractivity contribution in [3.8, 4) is 0 Å². The zero-order chi connectivity index (χ0) is 7.02. The quantitative estimate of drug-likeness (QED) is 0.480. The monoisotopic (exact) mass is 125 g/mol. The summed E-state index contributed by atoms with van der Waals surface area (Å²) in [4.78, 5) is 2.83. The summed E-state index contributed by atoms with van der Waals surface area (Å²) in [7, 11) is 0. The summed E-state index contributed by atoms with van der Waals surface area (Å²) in [6.07, 6.45) is 0. The highest BCUT2D eigenvalue weighted by Crippen LogP contribution is 2.19. The smallest absolute Gasteiger partial charge is 0.105 e. The van der Waals surface area contributed by atoms with Crippen LogP contribution >= 0.6 is 0 Å². The van der Waals surface area contributed by atoms with Crippen LogP contribution in [0.15, 0.2) is 0 Å². The number of nitrogens with one attached hydrogen (secondary N) is 1. The third-order valence-corrected chi connectivity index (χ3v) is 1.64. The highest BCUT2D eigenvalue weighted by Gasteiger charge is 2.02. The number of aromatic nitrogens is 1. The van der Waals surface area contributed by atoms with Gasteiger partial charge in [0.2, 0.25) is 0 Å². The number of nitrogens with two attached hydrogens (primary N) is 2. The molecular formula is C6H11N3. The van der Waals surface area contributed by atoms with Gasteiger partial charge in [-0.25, -0.2) is 0 Å². The van der Waals surface area contributed by atoms with Gasteiger partial charge in [0, 0.05) is 0 Å². The first kappa shape index (κ1) is 6.01. The second-order valence-corrected chi connectivity index (χ2v) is 2.20. The molecule has 0 atom stereocenters. The summed E-state index contributed by atoms with van der Waals surface area (Å²) >= 11 is 0. The van der Waals surface area contributed by atoms with E-state index in [9.17, 15) is 0 Å². The molecule has 1 aromatic heterocycles. The van der Waals surface area contributed by atoms with Crippen molar-refractivity contribution in [3.63, 3.8) is 0 Å². The first-order valence-corrected chi connectivity index (χ1v) is 2.83. The molecule has 0 spiro atoms. The molecule has 5 N–H and O–H groups in total. The molecule has 9 heavy (non-hydrogen) atoms. The molecule has 0 saturated heterocycles. The molecule has 1 rings (SSSR count). The van der Waals surface area contributed by atoms with Gasteiger partial charge in [-0.3, -0.25) is 0 Å². The minimum Gasteiger partial charge on any atom is -0.385 e. The Morgan fingerprint density at radius 3 is 1.44 bits per heavy atom. The lowest BCUT2D eigenvalue weighted by Crippen LogP contribution is -1.87. The Kier molecular flexibility index (Phi) is 1.12. The maximum absolute atomic E-state index is 5.51. The normalized spacial score (nSPS) is 10.0. The molecule has 0 radical (unpaired) electrons. The van der Waals surface area contributed by atoms with Crippen molar-refractivity contribution in [2.45, 2.75) is 13.8 Å². The van der Waals surface area contributed by atoms with Crippen molar-refractivity contribution in [1.82, 2.24) is 4.98 Å². The van der Waals surface area contributed by atoms with Crippen molar-refractivity contribution in [2.24, 2.45) is 0 Å². The van der Waals surface area contributed by atoms with Gasteiger partial charge < -0.3 is 16.5 Å². The van der Waals surface area contributed by atoms with Crippen molar-refractivity contribution < 1.29 is 0 Å². The molecule has 1 heterocycles. The molecule has 3 nitrogen and oxygen atoms in total. The Labute approximate surface area is 54.1 Å². The van der Waals surface area contributed by atoms with Gasteiger partial charge in [0.05, 0.1) is 0 Å². The fourth-order valence-corrected chi connectivity index (χ4v) is 0.737. The molecule has 0 saturated carbocycles. The van der Waals surface area contributed by atoms with E-state index in [1.165, 1.54) is 0 Å². The van der Waals surface area contributed by atoms with Gasteiger partial charge in [0.15, 0.2) is 0 Å². The van der Waals surface area contributed by atoms with E-state index in [2.05, 4.69) is 4.98 Å². The molecule has 0 unspecified atom stereocenters. The maximum atomic E-state index is 5.51. The van der Waals surface area contributed by atoms with Crippen LogP contribution in [0.3, 0.4) is 0 Å². The number of nitrogen functional groups attached to an aromatic ring is 2. The number of H-pyrrole nitrogens is 1. The molecule has 0 bridgehead atoms. The number of anilines is 2. The Balaban J connectivity index is 3.29. The van der Waals surface area contributed by atoms with Crippen LogP contribution in [-0.2, 0) is 0 Å². The zero-order valence-electron chi connectivity index (χ0n) is 5.65. The third kappa shape index (κ3) is 0.740. The van der Waals surface area contributed by atoms with Crippen LogP contribution in [0.4, 0.5) is 11.6 Å². The second kappa shape index (κ2) is 1.69. The van der Waals surface area contributed by atoms with E-state index in [4.69, 9.17) is 11.5 Å². The molecule has 1 aromatic rings. The van der Waals surface area contributed by atoms with Crippen LogP contribution < -0.4 is 11.5 Å². The van der Waals surface area contributed by atoms with Gasteiger partial charge in [-0.15, -0.1) is 0 Å². The predicted octanol–water partition coefficient (Wildman–Crippen LogP) is 0.796. The number of hydrogen-bond donors (Lipinski definition) is 3. The Morgan fingerprint density at radius 1 is 1.00 bits per heavy atom. The molecule has 0 aliphatic heterocycles. The third-order valence-electron chi connectivity index (χ3n) is 1.64. The van der Waals surface area contributed by atoms with Crippen LogP contribution in [0.1, 0.15) is 11.1 Å². The molecule has 50 valence electrons. The van der Waals surface area contributed by atoms with E-state index in [1.54, 1.807) is 0 Å². The summed E-state index contributed by atoms with van der Waals surface area (Å²) in [5.74, 6) is 1.34. The lowest BCUT2D eigenvalue weighted by Gasteiger charge is -1.87. The summed E-state index contributed by atoms with van der Waals surface area (Å²) < 4.78 is 0. The maximum Gasteiger partial charge on any atom is 0.105 e. The standard InChI is InChI=1S/C6H11N3/c1-3-4(2)6(8)9-5(3)7/h9H,7-8H2,1-2H3. The predicted molar refractivity (Wildman–Crippen MR) is 39.1 cm³/mol. The van der Waals surface area contributed by atoms with E-state index in [1.807, 2.05) is 13.8 Å². The average molecular weight is 125 g/mol. The summed E-state index contributed by atoms with van der Waals surface area (Å²) in [5.41, 5.74) is 13.1. The fourth-order valence-electron chi connectivity index (χ4n) is 0.737. The Hall–Kier alpha value is -1.12. The number of hydrogen-bond acceptors (Lipinski definition) is 2. The number of aromatic amines is 1. The molecule has 0 amide bonds. The van der Waals surface area contributed by atoms with E-state index < -0.39 is 0 Å². The van der Waals surface area contributed by atoms with Crippen LogP contribution in [0.25, 0.3) is 0 Å². The van der Waals surface area contributed by atoms with Gasteiger partial charge >= 0.3 is 0 Å². The van der Waals surface area contributed by atoms with Gasteiger partial charge in [-0.1, -0.05) is 0 Å². The molecule has 0 aliphatic rings. The van der Waals surface area contributed by atoms with E-state index in [0.29, 0.717) is 11.6 Å². The van der Waals surface area contributed by atoms with Crippen molar-refractivity contribution in [1.29, 1.82) is 0 Å². The molecule has 0 aromatic carbocycles. The summed E-state index contributed by atoms with van der Waals surface area (Å²) in [6.45, 7) is 3.88. The van der Waals surface area contributed by atoms with E-state index >= 15 is 0 Å². The first-order chi connectivity index (χ1) is 4.13. The van der Waals surface area contributed by atoms with Gasteiger partial charge in [-0.05, 0) is 25.0 Å². The average Bonchev–Trinajstić information content (AvgIpc) is 1.98. The van der Waals surface area contributed by atoms with Crippen LogP contribution in [0, 0.1) is 13.8 Å². The Morgan fingerprint density at radius 2 is 1.33 bits per heavy atom. The second-order valence-electron chi connectivity index (χ2n) is 2.20. The summed E-state index contributed by atoms with van der Waals surface area (Å²) in [6, 6.07) is 0. The van der Waals surface area contributed by atoms with Crippen molar-refractivity contribution in [3.05, 3.63) is 11.1 Å². The minimum absolute atomic E-state index is 0.671. The fraction of sp³-hybridized carbons (Fsp3) is 0.333. The van der Waals surface area contributed by atoms with Gasteiger partial charge in [0.25, 0.3) is 0 Å². The lowest BCUT2D eigenvalue weighted by atomic mass is 10.2. The topological polar surface area (TPSA) is 67.8 Å². The first-order valence-electron chi connectivity index (χ1n) is 2.83. The Bertz CT molecular complexity index is 202. The molecule has 0 aliphatic carbocycles.